The molecule has 1 aliphatic carbocycles. The van der Waals surface area contributed by atoms with Crippen LogP contribution in [0, 0.1) is 13.8 Å². The molecule has 1 aliphatic heterocycles. The summed E-state index contributed by atoms with van der Waals surface area (Å²) >= 11 is 0. The van der Waals surface area contributed by atoms with Crippen molar-refractivity contribution in [3.05, 3.63) is 70.6 Å². The number of anilines is 1. The van der Waals surface area contributed by atoms with Crippen molar-refractivity contribution in [1.82, 2.24) is 0 Å². The Kier molecular flexibility index (Phi) is 10.4. The minimum Gasteiger partial charge on any atom is -0.465 e. The minimum absolute atomic E-state index is 0.0348. The molecule has 1 heterocycles. The van der Waals surface area contributed by atoms with Gasteiger partial charge in [-0.3, -0.25) is 0 Å². The highest BCUT2D eigenvalue weighted by Crippen LogP contribution is 2.43. The number of carbonyl (C=O) groups is 1. The number of rotatable bonds is 7. The average molecular weight is 624 g/mol. The third kappa shape index (κ3) is 8.20. The summed E-state index contributed by atoms with van der Waals surface area (Å²) in [5.41, 5.74) is 2.58. The Morgan fingerprint density at radius 3 is 2.09 bits per heavy atom. The number of hydrogen-bond acceptors (Lipinski definition) is 4. The smallest absolute Gasteiger partial charge is 0.465 e. The fraction of sp³-hybridized carbons (Fsp3) is 0.259. The normalized spacial score (nSPS) is 13.7. The van der Waals surface area contributed by atoms with E-state index in [1.54, 1.807) is 50.2 Å². The molecule has 0 saturated heterocycles. The zero-order valence-electron chi connectivity index (χ0n) is 22.5. The number of hydrogen-bond donors (Lipinski definition) is 2. The van der Waals surface area contributed by atoms with E-state index >= 15 is 0 Å². The van der Waals surface area contributed by atoms with Crippen molar-refractivity contribution < 1.29 is 62.5 Å². The summed E-state index contributed by atoms with van der Waals surface area (Å²) in [4.78, 5) is 14.7. The van der Waals surface area contributed by atoms with Crippen LogP contribution in [0.3, 0.4) is 0 Å². The molecular formula is C27H23BF10N2O3. The van der Waals surface area contributed by atoms with E-state index in [-0.39, 0.29) is 28.0 Å². The summed E-state index contributed by atoms with van der Waals surface area (Å²) in [5.74, 6) is -0.510. The molecule has 0 aromatic heterocycles. The minimum atomic E-state index is -6.00. The van der Waals surface area contributed by atoms with Crippen molar-refractivity contribution in [2.75, 3.05) is 12.4 Å². The number of benzene rings is 3. The van der Waals surface area contributed by atoms with Crippen LogP contribution >= 0.6 is 0 Å². The number of carbonyl (C=O) groups excluding carboxylic acids is 1. The topological polar surface area (TPSA) is 65.4 Å². The highest BCUT2D eigenvalue weighted by Gasteiger charge is 2.27. The number of fused-ring (bicyclic) bond motifs is 2. The molecule has 16 heteroatoms. The zero-order valence-corrected chi connectivity index (χ0v) is 22.5. The van der Waals surface area contributed by atoms with Crippen molar-refractivity contribution in [2.24, 2.45) is 0 Å². The highest BCUT2D eigenvalue weighted by atomic mass is 19.5. The van der Waals surface area contributed by atoms with Gasteiger partial charge in [-0.2, -0.15) is 13.2 Å². The Bertz CT molecular complexity index is 1640. The Hall–Kier alpha value is -4.24. The predicted octanol–water partition coefficient (Wildman–Crippen LogP) is 6.42. The molecule has 0 spiro atoms. The Labute approximate surface area is 237 Å². The van der Waals surface area contributed by atoms with Gasteiger partial charge >= 0.3 is 25.9 Å². The van der Waals surface area contributed by atoms with Gasteiger partial charge in [-0.05, 0) is 43.2 Å². The van der Waals surface area contributed by atoms with E-state index in [1.165, 1.54) is 19.2 Å². The molecule has 232 valence electrons. The average Bonchev–Trinajstić information content (AvgIpc) is 2.91. The number of nitrogens with one attached hydrogen (secondary N) is 2. The lowest BCUT2D eigenvalue weighted by atomic mass is 9.89. The van der Waals surface area contributed by atoms with E-state index < -0.39 is 38.7 Å². The Morgan fingerprint density at radius 2 is 1.51 bits per heavy atom. The maximum atomic E-state index is 13.8. The van der Waals surface area contributed by atoms with Gasteiger partial charge in [0.15, 0.2) is 0 Å². The molecule has 0 fully saturated rings. The van der Waals surface area contributed by atoms with Crippen LogP contribution in [0.15, 0.2) is 52.9 Å². The molecule has 5 nitrogen and oxygen atoms in total. The monoisotopic (exact) mass is 624 g/mol. The summed E-state index contributed by atoms with van der Waals surface area (Å²) in [6.45, 7) is 3.17. The molecule has 0 saturated carbocycles. The standard InChI is InChI=1S/C27H22F6N2O3.BF4/c1-12-8-16-20(10-18(12)34-25(32)23(28)29)38-21-11-19(35-26(33)24(30)31)13(2)9-17(21)22(16)14-6-4-5-7-15(14)27(36)37-3;2-1(3,4)5/h4-11,23-26,34H,1-3H3;/q;-1/p+1. The second kappa shape index (κ2) is 13.4. The first-order chi connectivity index (χ1) is 20.0. The molecule has 0 bridgehead atoms. The van der Waals surface area contributed by atoms with Gasteiger partial charge in [0.05, 0.1) is 18.7 Å². The van der Waals surface area contributed by atoms with Gasteiger partial charge in [-0.15, -0.1) is 0 Å². The van der Waals surface area contributed by atoms with Crippen LogP contribution in [-0.4, -0.2) is 45.8 Å². The summed E-state index contributed by atoms with van der Waals surface area (Å²) in [5, 5.41) is 2.60. The van der Waals surface area contributed by atoms with Gasteiger partial charge in [-0.25, -0.2) is 23.0 Å². The number of ether oxygens (including phenoxy) is 1. The van der Waals surface area contributed by atoms with Gasteiger partial charge in [0.1, 0.15) is 11.3 Å². The van der Waals surface area contributed by atoms with Crippen molar-refractivity contribution >= 4 is 29.9 Å². The van der Waals surface area contributed by atoms with Crippen LogP contribution in [0.5, 0.6) is 0 Å². The maximum Gasteiger partial charge on any atom is 0.673 e. The first-order valence-electron chi connectivity index (χ1n) is 12.3. The van der Waals surface area contributed by atoms with Crippen molar-refractivity contribution in [1.29, 1.82) is 0 Å². The zero-order chi connectivity index (χ0) is 32.2. The summed E-state index contributed by atoms with van der Waals surface area (Å²) < 4.78 is 129. The van der Waals surface area contributed by atoms with Crippen LogP contribution in [0.25, 0.3) is 33.4 Å². The van der Waals surface area contributed by atoms with E-state index in [4.69, 9.17) is 9.15 Å². The van der Waals surface area contributed by atoms with Crippen LogP contribution in [0.2, 0.25) is 0 Å². The number of alkyl halides is 6. The maximum absolute atomic E-state index is 13.8. The van der Waals surface area contributed by atoms with Crippen LogP contribution < -0.4 is 15.7 Å². The fourth-order valence-corrected chi connectivity index (χ4v) is 4.21. The second-order valence-corrected chi connectivity index (χ2v) is 9.10. The molecular weight excluding hydrogens is 601 g/mol. The highest BCUT2D eigenvalue weighted by molar-refractivity contribution is 6.50. The Morgan fingerprint density at radius 1 is 0.884 bits per heavy atom. The molecule has 2 aliphatic rings. The quantitative estimate of drug-likeness (QED) is 0.0820. The molecule has 4 rings (SSSR count). The second-order valence-electron chi connectivity index (χ2n) is 9.10. The van der Waals surface area contributed by atoms with Crippen LogP contribution in [-0.2, 0) is 4.74 Å². The third-order valence-electron chi connectivity index (χ3n) is 6.04. The molecule has 0 amide bonds. The largest absolute Gasteiger partial charge is 0.673 e. The summed E-state index contributed by atoms with van der Waals surface area (Å²) in [6, 6.07) is 12.4. The number of esters is 1. The van der Waals surface area contributed by atoms with E-state index in [0.29, 0.717) is 33.2 Å². The predicted molar refractivity (Wildman–Crippen MR) is 139 cm³/mol. The molecule has 43 heavy (non-hydrogen) atoms. The lowest BCUT2D eigenvalue weighted by molar-refractivity contribution is -0.589. The molecule has 2 unspecified atom stereocenters. The molecule has 0 radical (unpaired) electrons. The molecule has 2 aromatic rings. The molecule has 2 atom stereocenters. The first-order valence-corrected chi connectivity index (χ1v) is 12.3. The number of methoxy groups -OCH3 is 1. The van der Waals surface area contributed by atoms with Crippen LogP contribution in [0.4, 0.5) is 49.3 Å². The Balaban J connectivity index is 0.000000934. The molecule has 2 N–H and O–H groups in total. The van der Waals surface area contributed by atoms with Gasteiger partial charge in [0, 0.05) is 33.8 Å². The molecule has 2 aromatic carbocycles. The van der Waals surface area contributed by atoms with Crippen molar-refractivity contribution in [3.8, 4) is 22.5 Å². The fourth-order valence-electron chi connectivity index (χ4n) is 4.21. The van der Waals surface area contributed by atoms with E-state index in [0.717, 1.165) is 0 Å². The first kappa shape index (κ1) is 33.3. The summed E-state index contributed by atoms with van der Waals surface area (Å²) in [6.07, 6.45) is -11.8. The van der Waals surface area contributed by atoms with E-state index in [1.807, 2.05) is 0 Å². The number of halogens is 10. The van der Waals surface area contributed by atoms with Crippen molar-refractivity contribution in [3.63, 3.8) is 0 Å². The van der Waals surface area contributed by atoms with Gasteiger partial charge < -0.3 is 31.7 Å². The van der Waals surface area contributed by atoms with Crippen LogP contribution in [0.1, 0.15) is 21.5 Å². The number of aryl methyl sites for hydroxylation is 2. The van der Waals surface area contributed by atoms with E-state index in [9.17, 15) is 48.4 Å². The van der Waals surface area contributed by atoms with Gasteiger partial charge in [0.25, 0.3) is 6.43 Å². The summed E-state index contributed by atoms with van der Waals surface area (Å²) in [7, 11) is -4.77. The van der Waals surface area contributed by atoms with E-state index in [2.05, 4.69) is 10.3 Å². The lowest BCUT2D eigenvalue weighted by Gasteiger charge is -2.20. The SMILES string of the molecule is COC(=O)c1ccccc1-c1c2cc(C)c(=[NH+]C(F)C(F)F)cc-2oc2cc(NC(F)C(F)F)c(C)cc12.F[B-](F)(F)F. The van der Waals surface area contributed by atoms with Gasteiger partial charge in [0.2, 0.25) is 11.7 Å². The lowest BCUT2D eigenvalue weighted by Crippen LogP contribution is -2.83. The third-order valence-corrected chi connectivity index (χ3v) is 6.04. The van der Waals surface area contributed by atoms with Gasteiger partial charge in [-0.1, -0.05) is 18.2 Å². The van der Waals surface area contributed by atoms with Crippen molar-refractivity contribution in [2.45, 2.75) is 39.3 Å².